The topological polar surface area (TPSA) is 94.0 Å². The summed E-state index contributed by atoms with van der Waals surface area (Å²) < 4.78 is 5.97. The van der Waals surface area contributed by atoms with E-state index in [4.69, 9.17) is 9.72 Å². The Labute approximate surface area is 197 Å². The van der Waals surface area contributed by atoms with Crippen LogP contribution in [0.3, 0.4) is 0 Å². The SMILES string of the molecule is Cc1ccccc1Oc1cncc([C@H]2CCCN(C(=O)c3cccc(-c4cncnc4)n3)C2)n1. The summed E-state index contributed by atoms with van der Waals surface area (Å²) in [5, 5.41) is 0. The van der Waals surface area contributed by atoms with Gasteiger partial charge in [0.15, 0.2) is 0 Å². The lowest BCUT2D eigenvalue weighted by Gasteiger charge is -2.32. The molecule has 4 aromatic rings. The predicted octanol–water partition coefficient (Wildman–Crippen LogP) is 4.45. The number of aryl methyl sites for hydroxylation is 1. The van der Waals surface area contributed by atoms with Crippen LogP contribution < -0.4 is 4.74 Å². The third kappa shape index (κ3) is 4.76. The van der Waals surface area contributed by atoms with Crippen LogP contribution in [0.2, 0.25) is 0 Å². The Morgan fingerprint density at radius 1 is 0.971 bits per heavy atom. The number of nitrogens with zero attached hydrogens (tertiary/aromatic N) is 6. The van der Waals surface area contributed by atoms with Gasteiger partial charge in [-0.1, -0.05) is 24.3 Å². The van der Waals surface area contributed by atoms with Crippen molar-refractivity contribution >= 4 is 5.91 Å². The van der Waals surface area contributed by atoms with Gasteiger partial charge >= 0.3 is 0 Å². The summed E-state index contributed by atoms with van der Waals surface area (Å²) in [5.74, 6) is 1.19. The summed E-state index contributed by atoms with van der Waals surface area (Å²) >= 11 is 0. The molecular weight excluding hydrogens is 428 g/mol. The number of pyridine rings is 1. The molecule has 0 N–H and O–H groups in total. The zero-order chi connectivity index (χ0) is 23.3. The predicted molar refractivity (Wildman–Crippen MR) is 126 cm³/mol. The van der Waals surface area contributed by atoms with Crippen LogP contribution >= 0.6 is 0 Å². The second kappa shape index (κ2) is 9.74. The fourth-order valence-corrected chi connectivity index (χ4v) is 4.10. The first-order chi connectivity index (χ1) is 16.7. The fraction of sp³-hybridized carbons (Fsp3) is 0.231. The summed E-state index contributed by atoms with van der Waals surface area (Å²) in [6, 6.07) is 13.2. The van der Waals surface area contributed by atoms with Crippen molar-refractivity contribution in [1.82, 2.24) is 29.8 Å². The normalized spacial score (nSPS) is 15.7. The molecule has 0 bridgehead atoms. The minimum Gasteiger partial charge on any atom is -0.437 e. The van der Waals surface area contributed by atoms with E-state index in [0.29, 0.717) is 30.4 Å². The molecule has 3 aromatic heterocycles. The van der Waals surface area contributed by atoms with Crippen molar-refractivity contribution in [2.24, 2.45) is 0 Å². The van der Waals surface area contributed by atoms with Crippen LogP contribution in [0.1, 0.15) is 40.5 Å². The van der Waals surface area contributed by atoms with Crippen LogP contribution in [-0.2, 0) is 0 Å². The van der Waals surface area contributed by atoms with Crippen LogP contribution in [0, 0.1) is 6.92 Å². The van der Waals surface area contributed by atoms with E-state index in [0.717, 1.165) is 35.4 Å². The Hall–Kier alpha value is -4.20. The molecule has 4 heterocycles. The summed E-state index contributed by atoms with van der Waals surface area (Å²) in [6.45, 7) is 3.23. The van der Waals surface area contributed by atoms with Gasteiger partial charge in [-0.15, -0.1) is 0 Å². The van der Waals surface area contributed by atoms with Crippen LogP contribution in [-0.4, -0.2) is 48.8 Å². The van der Waals surface area contributed by atoms with E-state index in [1.807, 2.05) is 48.2 Å². The van der Waals surface area contributed by atoms with E-state index >= 15 is 0 Å². The number of amides is 1. The maximum atomic E-state index is 13.3. The molecule has 0 saturated carbocycles. The van der Waals surface area contributed by atoms with Crippen LogP contribution in [0.5, 0.6) is 11.6 Å². The zero-order valence-corrected chi connectivity index (χ0v) is 18.8. The van der Waals surface area contributed by atoms with Gasteiger partial charge in [0.05, 0.1) is 17.6 Å². The molecule has 1 amide bonds. The molecule has 1 aromatic carbocycles. The van der Waals surface area contributed by atoms with E-state index in [9.17, 15) is 4.79 Å². The van der Waals surface area contributed by atoms with E-state index < -0.39 is 0 Å². The number of hydrogen-bond donors (Lipinski definition) is 0. The molecule has 170 valence electrons. The van der Waals surface area contributed by atoms with Gasteiger partial charge in [0, 0.05) is 43.2 Å². The average molecular weight is 453 g/mol. The molecule has 0 spiro atoms. The number of rotatable bonds is 5. The van der Waals surface area contributed by atoms with Gasteiger partial charge in [-0.3, -0.25) is 9.78 Å². The number of carbonyl (C=O) groups excluding carboxylic acids is 1. The molecular formula is C26H24N6O2. The Balaban J connectivity index is 1.32. The third-order valence-corrected chi connectivity index (χ3v) is 5.89. The zero-order valence-electron chi connectivity index (χ0n) is 18.8. The van der Waals surface area contributed by atoms with Crippen LogP contribution in [0.4, 0.5) is 0 Å². The van der Waals surface area contributed by atoms with Gasteiger partial charge in [0.2, 0.25) is 5.88 Å². The lowest BCUT2D eigenvalue weighted by Crippen LogP contribution is -2.39. The first kappa shape index (κ1) is 21.6. The molecule has 1 aliphatic rings. The number of para-hydroxylation sites is 1. The highest BCUT2D eigenvalue weighted by molar-refractivity contribution is 5.93. The van der Waals surface area contributed by atoms with E-state index in [-0.39, 0.29) is 11.8 Å². The third-order valence-electron chi connectivity index (χ3n) is 5.89. The molecule has 5 rings (SSSR count). The highest BCUT2D eigenvalue weighted by Crippen LogP contribution is 2.29. The molecule has 1 atom stereocenters. The molecule has 8 nitrogen and oxygen atoms in total. The minimum absolute atomic E-state index is 0.0799. The maximum Gasteiger partial charge on any atom is 0.272 e. The molecule has 34 heavy (non-hydrogen) atoms. The van der Waals surface area contributed by atoms with Crippen molar-refractivity contribution in [3.63, 3.8) is 0 Å². The smallest absolute Gasteiger partial charge is 0.272 e. The number of ether oxygens (including phenoxy) is 1. The number of carbonyl (C=O) groups is 1. The summed E-state index contributed by atoms with van der Waals surface area (Å²) in [7, 11) is 0. The van der Waals surface area contributed by atoms with Crippen molar-refractivity contribution in [2.75, 3.05) is 13.1 Å². The quantitative estimate of drug-likeness (QED) is 0.442. The summed E-state index contributed by atoms with van der Waals surface area (Å²) in [5.41, 5.74) is 3.71. The number of aromatic nitrogens is 5. The monoisotopic (exact) mass is 452 g/mol. The molecule has 8 heteroatoms. The first-order valence-corrected chi connectivity index (χ1v) is 11.2. The van der Waals surface area contributed by atoms with Crippen molar-refractivity contribution in [2.45, 2.75) is 25.7 Å². The second-order valence-electron chi connectivity index (χ2n) is 8.28. The fourth-order valence-electron chi connectivity index (χ4n) is 4.10. The van der Waals surface area contributed by atoms with Gasteiger partial charge in [-0.2, -0.15) is 0 Å². The Morgan fingerprint density at radius 2 is 1.82 bits per heavy atom. The van der Waals surface area contributed by atoms with Gasteiger partial charge in [0.25, 0.3) is 5.91 Å². The van der Waals surface area contributed by atoms with Crippen molar-refractivity contribution in [1.29, 1.82) is 0 Å². The number of hydrogen-bond acceptors (Lipinski definition) is 7. The Bertz CT molecular complexity index is 1300. The highest BCUT2D eigenvalue weighted by Gasteiger charge is 2.27. The van der Waals surface area contributed by atoms with Crippen molar-refractivity contribution in [3.05, 3.63) is 90.5 Å². The van der Waals surface area contributed by atoms with Gasteiger partial charge in [-0.05, 0) is 43.5 Å². The highest BCUT2D eigenvalue weighted by atomic mass is 16.5. The van der Waals surface area contributed by atoms with Gasteiger partial charge in [-0.25, -0.2) is 19.9 Å². The average Bonchev–Trinajstić information content (AvgIpc) is 2.90. The molecule has 1 aliphatic heterocycles. The number of likely N-dealkylation sites (tertiary alicyclic amines) is 1. The van der Waals surface area contributed by atoms with Gasteiger partial charge in [0.1, 0.15) is 17.8 Å². The number of piperidine rings is 1. The van der Waals surface area contributed by atoms with Crippen LogP contribution in [0.25, 0.3) is 11.3 Å². The van der Waals surface area contributed by atoms with E-state index in [2.05, 4.69) is 19.9 Å². The summed E-state index contributed by atoms with van der Waals surface area (Å²) in [6.07, 6.45) is 10.0. The standard InChI is InChI=1S/C26H24N6O2/c1-18-6-2-3-10-24(18)34-25-15-27-14-23(31-25)19-7-5-11-32(16-19)26(33)22-9-4-8-21(30-22)20-12-28-17-29-13-20/h2-4,6,8-10,12-15,17,19H,5,7,11,16H2,1H3/t19-/m0/s1. The largest absolute Gasteiger partial charge is 0.437 e. The van der Waals surface area contributed by atoms with Crippen LogP contribution in [0.15, 0.2) is 73.6 Å². The molecule has 0 radical (unpaired) electrons. The first-order valence-electron chi connectivity index (χ1n) is 11.2. The molecule has 1 saturated heterocycles. The lowest BCUT2D eigenvalue weighted by atomic mass is 9.94. The van der Waals surface area contributed by atoms with Crippen molar-refractivity contribution in [3.8, 4) is 22.9 Å². The second-order valence-corrected chi connectivity index (χ2v) is 8.28. The Morgan fingerprint density at radius 3 is 2.68 bits per heavy atom. The number of benzene rings is 1. The lowest BCUT2D eigenvalue weighted by molar-refractivity contribution is 0.0700. The molecule has 1 fully saturated rings. The summed E-state index contributed by atoms with van der Waals surface area (Å²) in [4.78, 5) is 36.8. The maximum absolute atomic E-state index is 13.3. The van der Waals surface area contributed by atoms with Gasteiger partial charge < -0.3 is 9.64 Å². The molecule has 0 unspecified atom stereocenters. The minimum atomic E-state index is -0.0938. The van der Waals surface area contributed by atoms with Crippen molar-refractivity contribution < 1.29 is 9.53 Å². The molecule has 0 aliphatic carbocycles. The van der Waals surface area contributed by atoms with E-state index in [1.165, 1.54) is 6.33 Å². The van der Waals surface area contributed by atoms with E-state index in [1.54, 1.807) is 30.9 Å². The Kier molecular flexibility index (Phi) is 6.20.